The van der Waals surface area contributed by atoms with Gasteiger partial charge in [0.05, 0.1) is 6.04 Å². The molecule has 2 aromatic heterocycles. The summed E-state index contributed by atoms with van der Waals surface area (Å²) in [5.41, 5.74) is 1.12. The monoisotopic (exact) mass is 275 g/mol. The lowest BCUT2D eigenvalue weighted by Crippen LogP contribution is -2.09. The summed E-state index contributed by atoms with van der Waals surface area (Å²) in [4.78, 5) is 5.70. The van der Waals surface area contributed by atoms with Crippen LogP contribution in [-0.4, -0.2) is 11.5 Å². The summed E-state index contributed by atoms with van der Waals surface area (Å²) in [6.45, 7) is 5.31. The van der Waals surface area contributed by atoms with E-state index >= 15 is 0 Å². The van der Waals surface area contributed by atoms with Gasteiger partial charge in [0.15, 0.2) is 0 Å². The SMILES string of the molecule is CCCNc1cc(NC(CC)c2cccs2)ccn1. The molecule has 2 heterocycles. The molecular formula is C15H21N3S. The summed E-state index contributed by atoms with van der Waals surface area (Å²) in [5.74, 6) is 0.938. The molecule has 1 atom stereocenters. The number of thiophene rings is 1. The van der Waals surface area contributed by atoms with E-state index < -0.39 is 0 Å². The highest BCUT2D eigenvalue weighted by molar-refractivity contribution is 7.10. The van der Waals surface area contributed by atoms with Crippen LogP contribution in [0.25, 0.3) is 0 Å². The third kappa shape index (κ3) is 3.96. The van der Waals surface area contributed by atoms with Crippen molar-refractivity contribution in [1.82, 2.24) is 4.98 Å². The predicted octanol–water partition coefficient (Wildman–Crippen LogP) is 4.53. The molecule has 0 radical (unpaired) electrons. The molecule has 19 heavy (non-hydrogen) atoms. The Hall–Kier alpha value is -1.55. The van der Waals surface area contributed by atoms with Crippen LogP contribution in [0.3, 0.4) is 0 Å². The largest absolute Gasteiger partial charge is 0.377 e. The first-order valence-electron chi connectivity index (χ1n) is 6.83. The van der Waals surface area contributed by atoms with Crippen molar-refractivity contribution in [2.75, 3.05) is 17.2 Å². The number of nitrogens with zero attached hydrogens (tertiary/aromatic N) is 1. The summed E-state index contributed by atoms with van der Waals surface area (Å²) in [6.07, 6.45) is 4.02. The fraction of sp³-hybridized carbons (Fsp3) is 0.400. The van der Waals surface area contributed by atoms with Gasteiger partial charge in [0, 0.05) is 29.4 Å². The second-order valence-corrected chi connectivity index (χ2v) is 5.46. The molecule has 2 rings (SSSR count). The Kier molecular flexibility index (Phi) is 5.21. The Morgan fingerprint density at radius 1 is 1.32 bits per heavy atom. The Bertz CT molecular complexity index is 482. The van der Waals surface area contributed by atoms with Crippen molar-refractivity contribution < 1.29 is 0 Å². The van der Waals surface area contributed by atoms with Gasteiger partial charge in [0.25, 0.3) is 0 Å². The van der Waals surface area contributed by atoms with Crippen molar-refractivity contribution in [3.63, 3.8) is 0 Å². The number of rotatable bonds is 7. The number of nitrogens with one attached hydrogen (secondary N) is 2. The fourth-order valence-electron chi connectivity index (χ4n) is 1.94. The van der Waals surface area contributed by atoms with E-state index in [2.05, 4.69) is 53.0 Å². The predicted molar refractivity (Wildman–Crippen MR) is 84.0 cm³/mol. The van der Waals surface area contributed by atoms with E-state index in [1.54, 1.807) is 11.3 Å². The molecule has 0 spiro atoms. The number of hydrogen-bond donors (Lipinski definition) is 2. The average Bonchev–Trinajstić information content (AvgIpc) is 2.97. The molecule has 2 aromatic rings. The van der Waals surface area contributed by atoms with Crippen LogP contribution >= 0.6 is 11.3 Å². The lowest BCUT2D eigenvalue weighted by Gasteiger charge is -2.17. The van der Waals surface area contributed by atoms with Crippen molar-refractivity contribution in [2.24, 2.45) is 0 Å². The Morgan fingerprint density at radius 2 is 2.21 bits per heavy atom. The van der Waals surface area contributed by atoms with Gasteiger partial charge >= 0.3 is 0 Å². The lowest BCUT2D eigenvalue weighted by atomic mass is 10.2. The van der Waals surface area contributed by atoms with Gasteiger partial charge in [-0.1, -0.05) is 19.9 Å². The Labute approximate surface area is 119 Å². The van der Waals surface area contributed by atoms with E-state index in [0.717, 1.165) is 30.9 Å². The molecule has 0 bridgehead atoms. The van der Waals surface area contributed by atoms with E-state index in [-0.39, 0.29) is 0 Å². The third-order valence-electron chi connectivity index (χ3n) is 2.95. The third-order valence-corrected chi connectivity index (χ3v) is 3.94. The molecule has 2 N–H and O–H groups in total. The lowest BCUT2D eigenvalue weighted by molar-refractivity contribution is 0.763. The summed E-state index contributed by atoms with van der Waals surface area (Å²) in [5, 5.41) is 9.02. The molecule has 0 aliphatic heterocycles. The molecular weight excluding hydrogens is 254 g/mol. The van der Waals surface area contributed by atoms with E-state index in [9.17, 15) is 0 Å². The van der Waals surface area contributed by atoms with E-state index in [1.165, 1.54) is 4.88 Å². The second kappa shape index (κ2) is 7.14. The molecule has 0 aromatic carbocycles. The van der Waals surface area contributed by atoms with Crippen LogP contribution in [0.4, 0.5) is 11.5 Å². The summed E-state index contributed by atoms with van der Waals surface area (Å²) in [7, 11) is 0. The van der Waals surface area contributed by atoms with Gasteiger partial charge in [-0.25, -0.2) is 4.98 Å². The van der Waals surface area contributed by atoms with Gasteiger partial charge in [-0.15, -0.1) is 11.3 Å². The van der Waals surface area contributed by atoms with E-state index in [1.807, 2.05) is 12.3 Å². The first kappa shape index (κ1) is 13.9. The van der Waals surface area contributed by atoms with Gasteiger partial charge in [0.2, 0.25) is 0 Å². The van der Waals surface area contributed by atoms with Gasteiger partial charge < -0.3 is 10.6 Å². The van der Waals surface area contributed by atoms with Crippen molar-refractivity contribution >= 4 is 22.8 Å². The quantitative estimate of drug-likeness (QED) is 0.779. The normalized spacial score (nSPS) is 12.1. The molecule has 0 saturated carbocycles. The Balaban J connectivity index is 2.05. The molecule has 0 amide bonds. The first-order chi connectivity index (χ1) is 9.33. The van der Waals surface area contributed by atoms with E-state index in [4.69, 9.17) is 0 Å². The van der Waals surface area contributed by atoms with Gasteiger partial charge in [0.1, 0.15) is 5.82 Å². The first-order valence-corrected chi connectivity index (χ1v) is 7.71. The smallest absolute Gasteiger partial charge is 0.127 e. The maximum Gasteiger partial charge on any atom is 0.127 e. The molecule has 4 heteroatoms. The standard InChI is InChI=1S/C15H21N3S/c1-3-8-16-15-11-12(7-9-17-15)18-13(4-2)14-6-5-10-19-14/h5-7,9-11,13H,3-4,8H2,1-2H3,(H2,16,17,18). The highest BCUT2D eigenvalue weighted by atomic mass is 32.1. The summed E-state index contributed by atoms with van der Waals surface area (Å²) in [6, 6.07) is 8.76. The minimum Gasteiger partial charge on any atom is -0.377 e. The zero-order valence-electron chi connectivity index (χ0n) is 11.5. The zero-order valence-corrected chi connectivity index (χ0v) is 12.3. The van der Waals surface area contributed by atoms with Gasteiger partial charge in [-0.05, 0) is 30.4 Å². The fourth-order valence-corrected chi connectivity index (χ4v) is 2.80. The molecule has 0 aliphatic carbocycles. The maximum absolute atomic E-state index is 4.32. The minimum absolute atomic E-state index is 0.376. The van der Waals surface area contributed by atoms with Gasteiger partial charge in [-0.2, -0.15) is 0 Å². The van der Waals surface area contributed by atoms with Crippen LogP contribution in [0, 0.1) is 0 Å². The Morgan fingerprint density at radius 3 is 2.89 bits per heavy atom. The van der Waals surface area contributed by atoms with Crippen molar-refractivity contribution in [1.29, 1.82) is 0 Å². The van der Waals surface area contributed by atoms with Crippen molar-refractivity contribution in [3.8, 4) is 0 Å². The van der Waals surface area contributed by atoms with Gasteiger partial charge in [-0.3, -0.25) is 0 Å². The van der Waals surface area contributed by atoms with Crippen LogP contribution in [0.5, 0.6) is 0 Å². The van der Waals surface area contributed by atoms with Crippen LogP contribution in [0.1, 0.15) is 37.6 Å². The number of pyridine rings is 1. The number of anilines is 2. The highest BCUT2D eigenvalue weighted by Crippen LogP contribution is 2.26. The van der Waals surface area contributed by atoms with Crippen LogP contribution in [0.15, 0.2) is 35.8 Å². The molecule has 0 fully saturated rings. The second-order valence-electron chi connectivity index (χ2n) is 4.48. The summed E-state index contributed by atoms with van der Waals surface area (Å²) >= 11 is 1.80. The number of aromatic nitrogens is 1. The zero-order chi connectivity index (χ0) is 13.5. The maximum atomic E-state index is 4.32. The summed E-state index contributed by atoms with van der Waals surface area (Å²) < 4.78 is 0. The molecule has 102 valence electrons. The minimum atomic E-state index is 0.376. The van der Waals surface area contributed by atoms with Crippen molar-refractivity contribution in [2.45, 2.75) is 32.7 Å². The topological polar surface area (TPSA) is 37.0 Å². The molecule has 0 aliphatic rings. The van der Waals surface area contributed by atoms with Crippen LogP contribution in [-0.2, 0) is 0 Å². The van der Waals surface area contributed by atoms with E-state index in [0.29, 0.717) is 6.04 Å². The van der Waals surface area contributed by atoms with Crippen LogP contribution < -0.4 is 10.6 Å². The molecule has 1 unspecified atom stereocenters. The number of hydrogen-bond acceptors (Lipinski definition) is 4. The van der Waals surface area contributed by atoms with Crippen LogP contribution in [0.2, 0.25) is 0 Å². The molecule has 3 nitrogen and oxygen atoms in total. The highest BCUT2D eigenvalue weighted by Gasteiger charge is 2.10. The van der Waals surface area contributed by atoms with Crippen molar-refractivity contribution in [3.05, 3.63) is 40.7 Å². The molecule has 0 saturated heterocycles. The average molecular weight is 275 g/mol.